The summed E-state index contributed by atoms with van der Waals surface area (Å²) in [5.74, 6) is -0.798. The lowest BCUT2D eigenvalue weighted by atomic mass is 9.68. The number of nitrogens with two attached hydrogens (primary N) is 1. The monoisotopic (exact) mass is 440 g/mol. The van der Waals surface area contributed by atoms with Crippen molar-refractivity contribution in [3.8, 4) is 0 Å². The maximum atomic E-state index is 12.6. The zero-order valence-corrected chi connectivity index (χ0v) is 19.3. The summed E-state index contributed by atoms with van der Waals surface area (Å²) in [4.78, 5) is 24.2. The van der Waals surface area contributed by atoms with Gasteiger partial charge in [0, 0.05) is 13.5 Å². The number of epoxide rings is 3. The molecule has 4 aliphatic rings. The van der Waals surface area contributed by atoms with Crippen molar-refractivity contribution in [2.45, 2.75) is 101 Å². The summed E-state index contributed by atoms with van der Waals surface area (Å²) < 4.78 is 29.5. The van der Waals surface area contributed by atoms with Crippen molar-refractivity contribution >= 4 is 12.0 Å². The molecule has 9 nitrogen and oxygen atoms in total. The number of carbonyl (C=O) groups is 2. The Labute approximate surface area is 183 Å². The van der Waals surface area contributed by atoms with Crippen LogP contribution in [0.4, 0.5) is 4.79 Å². The van der Waals surface area contributed by atoms with Crippen LogP contribution in [0.3, 0.4) is 0 Å². The number of primary amides is 1. The fraction of sp³-hybridized carbons (Fsp3) is 0.909. The van der Waals surface area contributed by atoms with Crippen molar-refractivity contribution in [3.63, 3.8) is 0 Å². The zero-order valence-electron chi connectivity index (χ0n) is 19.3. The van der Waals surface area contributed by atoms with Gasteiger partial charge in [0.1, 0.15) is 29.5 Å². The molecule has 31 heavy (non-hydrogen) atoms. The fourth-order valence-electron chi connectivity index (χ4n) is 5.45. The number of hydrogen-bond donors (Lipinski definition) is 2. The largest absolute Gasteiger partial charge is 0.443 e. The first-order chi connectivity index (χ1) is 14.4. The van der Waals surface area contributed by atoms with E-state index in [1.54, 1.807) is 7.11 Å². The van der Waals surface area contributed by atoms with E-state index in [9.17, 15) is 9.59 Å². The summed E-state index contributed by atoms with van der Waals surface area (Å²) in [6, 6.07) is -0.790. The third-order valence-corrected chi connectivity index (χ3v) is 7.59. The van der Waals surface area contributed by atoms with Crippen LogP contribution in [0.25, 0.3) is 0 Å². The second kappa shape index (κ2) is 7.57. The van der Waals surface area contributed by atoms with Crippen LogP contribution >= 0.6 is 0 Å². The van der Waals surface area contributed by atoms with Crippen LogP contribution in [0.1, 0.15) is 53.9 Å². The smallest absolute Gasteiger partial charge is 0.408 e. The number of rotatable bonds is 8. The molecule has 9 heteroatoms. The van der Waals surface area contributed by atoms with Crippen LogP contribution in [0.5, 0.6) is 0 Å². The molecule has 0 bridgehead atoms. The number of ether oxygens (including phenoxy) is 5. The van der Waals surface area contributed by atoms with E-state index in [0.717, 1.165) is 12.8 Å². The number of hydrogen-bond acceptors (Lipinski definition) is 7. The van der Waals surface area contributed by atoms with Gasteiger partial charge in [-0.2, -0.15) is 0 Å². The van der Waals surface area contributed by atoms with E-state index >= 15 is 0 Å². The zero-order chi connectivity index (χ0) is 22.8. The molecule has 3 heterocycles. The van der Waals surface area contributed by atoms with Gasteiger partial charge in [0.15, 0.2) is 0 Å². The van der Waals surface area contributed by atoms with Crippen molar-refractivity contribution in [1.29, 1.82) is 0 Å². The second-order valence-corrected chi connectivity index (χ2v) is 10.5. The van der Waals surface area contributed by atoms with Crippen LogP contribution < -0.4 is 11.1 Å². The minimum Gasteiger partial charge on any atom is -0.443 e. The first-order valence-corrected chi connectivity index (χ1v) is 11.2. The quantitative estimate of drug-likeness (QED) is 0.548. The molecule has 4 rings (SSSR count). The van der Waals surface area contributed by atoms with E-state index in [1.807, 2.05) is 13.8 Å². The number of alkyl carbamates (subject to hydrolysis) is 1. The summed E-state index contributed by atoms with van der Waals surface area (Å²) in [7, 11) is 1.63. The van der Waals surface area contributed by atoms with Crippen LogP contribution in [0.2, 0.25) is 0 Å². The van der Waals surface area contributed by atoms with Gasteiger partial charge in [-0.15, -0.1) is 0 Å². The third-order valence-electron chi connectivity index (χ3n) is 7.59. The summed E-state index contributed by atoms with van der Waals surface area (Å²) >= 11 is 0. The summed E-state index contributed by atoms with van der Waals surface area (Å²) in [6.45, 7) is 10.5. The molecule has 8 atom stereocenters. The Bertz CT molecular complexity index is 737. The molecule has 176 valence electrons. The molecule has 1 saturated carbocycles. The Kier molecular flexibility index (Phi) is 5.56. The average Bonchev–Trinajstić information content (AvgIpc) is 3.62. The van der Waals surface area contributed by atoms with E-state index in [4.69, 9.17) is 29.4 Å². The lowest BCUT2D eigenvalue weighted by Crippen LogP contribution is -2.57. The van der Waals surface area contributed by atoms with Crippen molar-refractivity contribution in [2.75, 3.05) is 13.7 Å². The Balaban J connectivity index is 1.44. The standard InChI is InChI=1S/C22H36N2O7/c1-11(2)15(18(23)25)24-19(26)29-12-7-8-22(10-28-22)17(16(12)27-6)21(5)14(31-21)9-13-20(3,4)30-13/h11-17H,7-10H2,1-6H3,(H2,23,25)(H,24,26)/t12-,13?,14+,15-,16-,17?,21-,22?/m1/s1. The molecule has 2 amide bonds. The summed E-state index contributed by atoms with van der Waals surface area (Å²) in [5.41, 5.74) is 4.59. The highest BCUT2D eigenvalue weighted by atomic mass is 16.6. The molecule has 3 unspecified atom stereocenters. The molecular formula is C22H36N2O7. The molecule has 0 aromatic carbocycles. The first-order valence-electron chi connectivity index (χ1n) is 11.2. The molecular weight excluding hydrogens is 404 g/mol. The summed E-state index contributed by atoms with van der Waals surface area (Å²) in [6.07, 6.45) is 0.934. The minimum atomic E-state index is -0.790. The molecule has 0 aromatic rings. The highest BCUT2D eigenvalue weighted by Gasteiger charge is 2.73. The van der Waals surface area contributed by atoms with Gasteiger partial charge in [-0.3, -0.25) is 4.79 Å². The maximum absolute atomic E-state index is 12.6. The van der Waals surface area contributed by atoms with Crippen LogP contribution in [-0.2, 0) is 28.5 Å². The average molecular weight is 441 g/mol. The van der Waals surface area contributed by atoms with Gasteiger partial charge in [-0.25, -0.2) is 4.79 Å². The van der Waals surface area contributed by atoms with Crippen LogP contribution in [0, 0.1) is 11.8 Å². The normalized spacial score (nSPS) is 43.4. The number of methoxy groups -OCH3 is 1. The third kappa shape index (κ3) is 4.17. The van der Waals surface area contributed by atoms with Gasteiger partial charge in [0.05, 0.1) is 30.3 Å². The Morgan fingerprint density at radius 3 is 2.32 bits per heavy atom. The van der Waals surface area contributed by atoms with E-state index in [2.05, 4.69) is 26.1 Å². The fourth-order valence-corrected chi connectivity index (χ4v) is 5.45. The Morgan fingerprint density at radius 1 is 1.19 bits per heavy atom. The highest BCUT2D eigenvalue weighted by molar-refractivity contribution is 5.84. The SMILES string of the molecule is CO[C@H]1C([C@]2(C)O[C@H]2CC2OC2(C)C)C2(CC[C@H]1OC(=O)N[C@@H](C(N)=O)C(C)C)CO2. The minimum absolute atomic E-state index is 0.0516. The topological polar surface area (TPSA) is 128 Å². The van der Waals surface area contributed by atoms with Gasteiger partial charge >= 0.3 is 6.09 Å². The molecule has 0 radical (unpaired) electrons. The molecule has 1 aliphatic carbocycles. The first kappa shape index (κ1) is 22.8. The van der Waals surface area contributed by atoms with Gasteiger partial charge < -0.3 is 34.7 Å². The molecule has 3 aliphatic heterocycles. The molecule has 0 aromatic heterocycles. The molecule has 3 saturated heterocycles. The predicted molar refractivity (Wildman–Crippen MR) is 110 cm³/mol. The number of nitrogens with one attached hydrogen (secondary N) is 1. The predicted octanol–water partition coefficient (Wildman–Crippen LogP) is 1.51. The van der Waals surface area contributed by atoms with Gasteiger partial charge in [-0.05, 0) is 39.5 Å². The molecule has 4 fully saturated rings. The maximum Gasteiger partial charge on any atom is 0.408 e. The Morgan fingerprint density at radius 2 is 1.84 bits per heavy atom. The number of carbonyl (C=O) groups excluding carboxylic acids is 2. The highest BCUT2D eigenvalue weighted by Crippen LogP contribution is 2.60. The van der Waals surface area contributed by atoms with Gasteiger partial charge in [0.25, 0.3) is 0 Å². The van der Waals surface area contributed by atoms with E-state index in [0.29, 0.717) is 13.0 Å². The van der Waals surface area contributed by atoms with Crippen molar-refractivity contribution in [2.24, 2.45) is 17.6 Å². The van der Waals surface area contributed by atoms with Crippen molar-refractivity contribution in [1.82, 2.24) is 5.32 Å². The molecule has 3 N–H and O–H groups in total. The second-order valence-electron chi connectivity index (χ2n) is 10.5. The van der Waals surface area contributed by atoms with E-state index < -0.39 is 29.7 Å². The summed E-state index contributed by atoms with van der Waals surface area (Å²) in [5, 5.41) is 2.60. The van der Waals surface area contributed by atoms with Crippen LogP contribution in [0.15, 0.2) is 0 Å². The van der Waals surface area contributed by atoms with Crippen molar-refractivity contribution < 1.29 is 33.3 Å². The molecule has 1 spiro atoms. The van der Waals surface area contributed by atoms with Gasteiger partial charge in [-0.1, -0.05) is 13.8 Å². The Hall–Kier alpha value is -1.42. The van der Waals surface area contributed by atoms with Gasteiger partial charge in [0.2, 0.25) is 5.91 Å². The van der Waals surface area contributed by atoms with E-state index in [1.165, 1.54) is 0 Å². The number of amides is 2. The van der Waals surface area contributed by atoms with Crippen LogP contribution in [-0.4, -0.2) is 73.0 Å². The lowest BCUT2D eigenvalue weighted by molar-refractivity contribution is -0.123. The van der Waals surface area contributed by atoms with E-state index in [-0.39, 0.29) is 41.3 Å². The lowest BCUT2D eigenvalue weighted by Gasteiger charge is -2.42. The van der Waals surface area contributed by atoms with Crippen molar-refractivity contribution in [3.05, 3.63) is 0 Å².